The second-order valence-electron chi connectivity index (χ2n) is 8.39. The number of hydrogen-bond donors (Lipinski definition) is 3. The fraction of sp³-hybridized carbons (Fsp3) is 0.375. The number of hydrogen-bond acceptors (Lipinski definition) is 5. The number of carboxylic acids is 2. The van der Waals surface area contributed by atoms with E-state index in [2.05, 4.69) is 5.32 Å². The summed E-state index contributed by atoms with van der Waals surface area (Å²) in [7, 11) is 0. The Morgan fingerprint density at radius 1 is 1.03 bits per heavy atom. The fourth-order valence-electron chi connectivity index (χ4n) is 3.63. The normalized spacial score (nSPS) is 13.7. The van der Waals surface area contributed by atoms with Crippen molar-refractivity contribution in [1.82, 2.24) is 5.32 Å². The molecule has 1 unspecified atom stereocenters. The van der Waals surface area contributed by atoms with E-state index < -0.39 is 29.5 Å². The third kappa shape index (κ3) is 5.43. The molecular weight excluding hydrogens is 430 g/mol. The molecular formula is C24H27NO6S. The van der Waals surface area contributed by atoms with Crippen molar-refractivity contribution < 1.29 is 29.3 Å². The Balaban J connectivity index is 1.54. The number of carbonyl (C=O) groups is 3. The van der Waals surface area contributed by atoms with Gasteiger partial charge in [-0.2, -0.15) is 11.8 Å². The molecule has 1 amide bonds. The van der Waals surface area contributed by atoms with E-state index in [0.29, 0.717) is 11.5 Å². The van der Waals surface area contributed by atoms with Gasteiger partial charge >= 0.3 is 18.0 Å². The van der Waals surface area contributed by atoms with Gasteiger partial charge in [0.25, 0.3) is 0 Å². The van der Waals surface area contributed by atoms with E-state index in [4.69, 9.17) is 9.84 Å². The van der Waals surface area contributed by atoms with Gasteiger partial charge in [-0.1, -0.05) is 48.5 Å². The van der Waals surface area contributed by atoms with E-state index in [1.807, 2.05) is 48.5 Å². The van der Waals surface area contributed by atoms with Crippen LogP contribution in [0.25, 0.3) is 11.1 Å². The lowest BCUT2D eigenvalue weighted by Gasteiger charge is -2.20. The lowest BCUT2D eigenvalue weighted by Crippen LogP contribution is -2.42. The van der Waals surface area contributed by atoms with Crippen LogP contribution >= 0.6 is 11.8 Å². The first-order valence-electron chi connectivity index (χ1n) is 10.4. The molecule has 2 aromatic rings. The van der Waals surface area contributed by atoms with Gasteiger partial charge in [0.15, 0.2) is 0 Å². The smallest absolute Gasteiger partial charge is 0.407 e. The topological polar surface area (TPSA) is 113 Å². The van der Waals surface area contributed by atoms with Crippen LogP contribution < -0.4 is 5.32 Å². The summed E-state index contributed by atoms with van der Waals surface area (Å²) in [5.74, 6) is -1.42. The maximum absolute atomic E-state index is 12.3. The molecule has 3 rings (SSSR count). The highest BCUT2D eigenvalue weighted by molar-refractivity contribution is 7.99. The molecule has 0 radical (unpaired) electrons. The first kappa shape index (κ1) is 23.7. The molecule has 0 heterocycles. The van der Waals surface area contributed by atoms with Crippen LogP contribution in [0, 0.1) is 5.41 Å². The molecule has 0 aliphatic heterocycles. The van der Waals surface area contributed by atoms with Crippen LogP contribution in [0.1, 0.15) is 37.3 Å². The maximum Gasteiger partial charge on any atom is 0.407 e. The molecule has 1 aliphatic carbocycles. The zero-order chi connectivity index (χ0) is 23.3. The van der Waals surface area contributed by atoms with Gasteiger partial charge < -0.3 is 20.3 Å². The predicted molar refractivity (Wildman–Crippen MR) is 123 cm³/mol. The van der Waals surface area contributed by atoms with Gasteiger partial charge in [0.05, 0.1) is 5.41 Å². The van der Waals surface area contributed by atoms with E-state index in [9.17, 15) is 19.5 Å². The number of amides is 1. The Morgan fingerprint density at radius 2 is 1.59 bits per heavy atom. The van der Waals surface area contributed by atoms with Gasteiger partial charge in [0, 0.05) is 11.7 Å². The Morgan fingerprint density at radius 3 is 2.12 bits per heavy atom. The van der Waals surface area contributed by atoms with Gasteiger partial charge in [0.2, 0.25) is 0 Å². The van der Waals surface area contributed by atoms with Gasteiger partial charge in [0.1, 0.15) is 12.6 Å². The van der Waals surface area contributed by atoms with Crippen molar-refractivity contribution in [2.24, 2.45) is 5.41 Å². The summed E-state index contributed by atoms with van der Waals surface area (Å²) >= 11 is 1.34. The van der Waals surface area contributed by atoms with Gasteiger partial charge in [-0.05, 0) is 48.3 Å². The molecule has 3 N–H and O–H groups in total. The highest BCUT2D eigenvalue weighted by Crippen LogP contribution is 2.44. The SMILES string of the molecule is CC(C)(CSCCC(NC(=O)OCC1c2ccccc2-c2ccccc21)C(=O)O)C(=O)O. The van der Waals surface area contributed by atoms with E-state index in [1.54, 1.807) is 13.8 Å². The molecule has 0 saturated carbocycles. The number of carbonyl (C=O) groups excluding carboxylic acids is 1. The zero-order valence-corrected chi connectivity index (χ0v) is 18.9. The first-order valence-corrected chi connectivity index (χ1v) is 11.5. The second kappa shape index (κ2) is 10.1. The summed E-state index contributed by atoms with van der Waals surface area (Å²) in [6.07, 6.45) is -0.616. The number of thioether (sulfide) groups is 1. The average Bonchev–Trinajstić information content (AvgIpc) is 3.08. The summed E-state index contributed by atoms with van der Waals surface area (Å²) < 4.78 is 5.41. The number of carboxylic acid groups (broad SMARTS) is 2. The first-order chi connectivity index (χ1) is 15.2. The summed E-state index contributed by atoms with van der Waals surface area (Å²) in [4.78, 5) is 35.0. The van der Waals surface area contributed by atoms with Crippen molar-refractivity contribution in [3.05, 3.63) is 59.7 Å². The molecule has 0 aromatic heterocycles. The fourth-order valence-corrected chi connectivity index (χ4v) is 4.81. The van der Waals surface area contributed by atoms with Crippen LogP contribution in [0.3, 0.4) is 0 Å². The van der Waals surface area contributed by atoms with Crippen LogP contribution in [0.15, 0.2) is 48.5 Å². The summed E-state index contributed by atoms with van der Waals surface area (Å²) in [6.45, 7) is 3.34. The number of alkyl carbamates (subject to hydrolysis) is 1. The van der Waals surface area contributed by atoms with Crippen LogP contribution in [-0.2, 0) is 14.3 Å². The quantitative estimate of drug-likeness (QED) is 0.458. The number of aliphatic carboxylic acids is 2. The Labute approximate surface area is 191 Å². The summed E-state index contributed by atoms with van der Waals surface area (Å²) in [5.41, 5.74) is 3.48. The van der Waals surface area contributed by atoms with Crippen molar-refractivity contribution >= 4 is 29.8 Å². The summed E-state index contributed by atoms with van der Waals surface area (Å²) in [6, 6.07) is 14.8. The van der Waals surface area contributed by atoms with Crippen LogP contribution in [0.4, 0.5) is 4.79 Å². The maximum atomic E-state index is 12.3. The lowest BCUT2D eigenvalue weighted by molar-refractivity contribution is -0.145. The van der Waals surface area contributed by atoms with Crippen LogP contribution in [0.2, 0.25) is 0 Å². The molecule has 7 nitrogen and oxygen atoms in total. The molecule has 8 heteroatoms. The molecule has 1 atom stereocenters. The highest BCUT2D eigenvalue weighted by atomic mass is 32.2. The minimum Gasteiger partial charge on any atom is -0.481 e. The van der Waals surface area contributed by atoms with Crippen molar-refractivity contribution in [1.29, 1.82) is 0 Å². The average molecular weight is 458 g/mol. The van der Waals surface area contributed by atoms with Crippen molar-refractivity contribution in [2.75, 3.05) is 18.1 Å². The Hall–Kier alpha value is -3.00. The van der Waals surface area contributed by atoms with Gasteiger partial charge in [-0.25, -0.2) is 9.59 Å². The van der Waals surface area contributed by atoms with Crippen LogP contribution in [-0.4, -0.2) is 52.4 Å². The van der Waals surface area contributed by atoms with Crippen molar-refractivity contribution in [2.45, 2.75) is 32.2 Å². The second-order valence-corrected chi connectivity index (χ2v) is 9.50. The standard InChI is InChI=1S/C24H27NO6S/c1-24(2,22(28)29)14-32-12-11-20(21(26)27)25-23(30)31-13-19-17-9-5-3-7-15(17)16-8-4-6-10-18(16)19/h3-10,19-20H,11-14H2,1-2H3,(H,25,30)(H,26,27)(H,28,29). The van der Waals surface area contributed by atoms with Gasteiger partial charge in [-0.3, -0.25) is 4.79 Å². The number of fused-ring (bicyclic) bond motifs is 3. The minimum absolute atomic E-state index is 0.105. The lowest BCUT2D eigenvalue weighted by atomic mass is 9.97. The zero-order valence-electron chi connectivity index (χ0n) is 18.0. The van der Waals surface area contributed by atoms with E-state index in [0.717, 1.165) is 22.3 Å². The number of ether oxygens (including phenoxy) is 1. The Kier molecular flexibility index (Phi) is 7.45. The summed E-state index contributed by atoms with van der Waals surface area (Å²) in [5, 5.41) is 21.0. The van der Waals surface area contributed by atoms with E-state index >= 15 is 0 Å². The molecule has 0 spiro atoms. The molecule has 170 valence electrons. The molecule has 2 aromatic carbocycles. The highest BCUT2D eigenvalue weighted by Gasteiger charge is 2.30. The third-order valence-electron chi connectivity index (χ3n) is 5.53. The van der Waals surface area contributed by atoms with E-state index in [1.165, 1.54) is 11.8 Å². The van der Waals surface area contributed by atoms with E-state index in [-0.39, 0.29) is 18.9 Å². The molecule has 1 aliphatic rings. The number of nitrogens with one attached hydrogen (secondary N) is 1. The molecule has 32 heavy (non-hydrogen) atoms. The largest absolute Gasteiger partial charge is 0.481 e. The third-order valence-corrected chi connectivity index (χ3v) is 6.98. The minimum atomic E-state index is -1.16. The van der Waals surface area contributed by atoms with Crippen molar-refractivity contribution in [3.63, 3.8) is 0 Å². The molecule has 0 fully saturated rings. The van der Waals surface area contributed by atoms with Crippen LogP contribution in [0.5, 0.6) is 0 Å². The predicted octanol–water partition coefficient (Wildman–Crippen LogP) is 4.21. The van der Waals surface area contributed by atoms with Crippen molar-refractivity contribution in [3.8, 4) is 11.1 Å². The monoisotopic (exact) mass is 457 g/mol. The molecule has 0 bridgehead atoms. The van der Waals surface area contributed by atoms with Gasteiger partial charge in [-0.15, -0.1) is 0 Å². The Bertz CT molecular complexity index is 960. The number of rotatable bonds is 10. The number of benzene rings is 2. The molecule has 0 saturated heterocycles.